The van der Waals surface area contributed by atoms with Crippen molar-refractivity contribution in [3.8, 4) is 0 Å². The Morgan fingerprint density at radius 1 is 1.42 bits per heavy atom. The zero-order valence-electron chi connectivity index (χ0n) is 15.6. The molecule has 0 aromatic heterocycles. The topological polar surface area (TPSA) is 48.8 Å². The lowest BCUT2D eigenvalue weighted by molar-refractivity contribution is 0.653. The highest BCUT2D eigenvalue weighted by atomic mass is 79.9. The fourth-order valence-electron chi connectivity index (χ4n) is 3.00. The minimum atomic E-state index is 0.142. The van der Waals surface area contributed by atoms with Gasteiger partial charge in [0.25, 0.3) is 0 Å². The molecule has 0 spiro atoms. The number of nitrogens with one attached hydrogen (secondary N) is 2. The van der Waals surface area contributed by atoms with Crippen molar-refractivity contribution in [3.63, 3.8) is 0 Å². The van der Waals surface area contributed by atoms with Crippen LogP contribution in [0.15, 0.2) is 63.7 Å². The molecule has 1 atom stereocenters. The summed E-state index contributed by atoms with van der Waals surface area (Å²) >= 11 is 3.58. The lowest BCUT2D eigenvalue weighted by atomic mass is 9.90. The van der Waals surface area contributed by atoms with Gasteiger partial charge in [-0.15, -0.1) is 0 Å². The standard InChI is InChI=1S/C21H27BrN4/c1-5-11-24-14-21(25-15(2)3)26-18-8-6-7-16(12-18)19-13-17(22)9-10-20(19)23-4/h5,9-13,18,23H,1-2,6-8,14H2,3-4H3,(H,25,26). The molecule has 1 aromatic rings. The first-order valence-electron chi connectivity index (χ1n) is 8.82. The molecule has 0 saturated heterocycles. The Morgan fingerprint density at radius 2 is 2.23 bits per heavy atom. The fourth-order valence-corrected chi connectivity index (χ4v) is 3.36. The largest absolute Gasteiger partial charge is 0.388 e. The summed E-state index contributed by atoms with van der Waals surface area (Å²) in [5.74, 6) is 0.834. The van der Waals surface area contributed by atoms with Crippen LogP contribution in [0.1, 0.15) is 31.7 Å². The molecule has 0 bridgehead atoms. The Kier molecular flexibility index (Phi) is 7.85. The van der Waals surface area contributed by atoms with Crippen molar-refractivity contribution < 1.29 is 0 Å². The lowest BCUT2D eigenvalue weighted by Gasteiger charge is -2.22. The average molecular weight is 415 g/mol. The molecule has 0 radical (unpaired) electrons. The van der Waals surface area contributed by atoms with Crippen molar-refractivity contribution in [2.24, 2.45) is 9.98 Å². The number of amidine groups is 1. The van der Waals surface area contributed by atoms with Gasteiger partial charge in [0.15, 0.2) is 0 Å². The molecule has 2 N–H and O–H groups in total. The first kappa shape index (κ1) is 20.2. The molecule has 0 saturated carbocycles. The van der Waals surface area contributed by atoms with Crippen LogP contribution in [0.3, 0.4) is 0 Å². The van der Waals surface area contributed by atoms with Crippen LogP contribution in [-0.4, -0.2) is 31.7 Å². The van der Waals surface area contributed by atoms with E-state index < -0.39 is 0 Å². The summed E-state index contributed by atoms with van der Waals surface area (Å²) in [6.45, 7) is 10.00. The van der Waals surface area contributed by atoms with Crippen LogP contribution in [0.2, 0.25) is 0 Å². The van der Waals surface area contributed by atoms with Crippen LogP contribution in [-0.2, 0) is 0 Å². The third kappa shape index (κ3) is 5.99. The van der Waals surface area contributed by atoms with Gasteiger partial charge in [-0.2, -0.15) is 0 Å². The summed E-state index contributed by atoms with van der Waals surface area (Å²) in [5.41, 5.74) is 4.57. The summed E-state index contributed by atoms with van der Waals surface area (Å²) in [6, 6.07) is 6.47. The number of aliphatic imine (C=N–C) groups is 2. The fraction of sp³-hybridized carbons (Fsp3) is 0.333. The van der Waals surface area contributed by atoms with E-state index in [9.17, 15) is 0 Å². The van der Waals surface area contributed by atoms with Gasteiger partial charge in [-0.3, -0.25) is 9.98 Å². The zero-order chi connectivity index (χ0) is 18.9. The van der Waals surface area contributed by atoms with Gasteiger partial charge in [-0.25, -0.2) is 0 Å². The predicted molar refractivity (Wildman–Crippen MR) is 118 cm³/mol. The SMILES string of the molecule is C=CC=NCC(=NC1C=C(c2cc(Br)ccc2NC)CCC1)NC(=C)C. The Balaban J connectivity index is 2.30. The molecule has 0 amide bonds. The first-order chi connectivity index (χ1) is 12.5. The second-order valence-corrected chi connectivity index (χ2v) is 7.21. The molecular formula is C21H27BrN4. The van der Waals surface area contributed by atoms with Crippen LogP contribution in [0, 0.1) is 0 Å². The Morgan fingerprint density at radius 3 is 2.92 bits per heavy atom. The van der Waals surface area contributed by atoms with Crippen molar-refractivity contribution in [3.05, 3.63) is 59.2 Å². The minimum absolute atomic E-state index is 0.142. The molecule has 138 valence electrons. The van der Waals surface area contributed by atoms with E-state index in [2.05, 4.69) is 69.0 Å². The Hall–Kier alpha value is -2.14. The van der Waals surface area contributed by atoms with Crippen LogP contribution in [0.25, 0.3) is 5.57 Å². The summed E-state index contributed by atoms with van der Waals surface area (Å²) < 4.78 is 1.08. The van der Waals surface area contributed by atoms with Gasteiger partial charge in [0.2, 0.25) is 0 Å². The number of allylic oxidation sites excluding steroid dienone is 3. The normalized spacial score (nSPS) is 17.7. The van der Waals surface area contributed by atoms with Crippen molar-refractivity contribution in [1.82, 2.24) is 5.32 Å². The summed E-state index contributed by atoms with van der Waals surface area (Å²) in [7, 11) is 1.96. The number of hydrogen-bond acceptors (Lipinski definition) is 3. The molecule has 4 nitrogen and oxygen atoms in total. The minimum Gasteiger partial charge on any atom is -0.388 e. The van der Waals surface area contributed by atoms with E-state index in [4.69, 9.17) is 4.99 Å². The molecule has 1 aliphatic rings. The van der Waals surface area contributed by atoms with E-state index in [0.29, 0.717) is 6.54 Å². The van der Waals surface area contributed by atoms with E-state index in [-0.39, 0.29) is 6.04 Å². The van der Waals surface area contributed by atoms with E-state index >= 15 is 0 Å². The van der Waals surface area contributed by atoms with E-state index in [1.165, 1.54) is 11.1 Å². The van der Waals surface area contributed by atoms with Crippen molar-refractivity contribution in [2.45, 2.75) is 32.2 Å². The number of rotatable bonds is 7. The molecule has 1 aliphatic carbocycles. The van der Waals surface area contributed by atoms with Crippen molar-refractivity contribution in [2.75, 3.05) is 18.9 Å². The first-order valence-corrected chi connectivity index (χ1v) is 9.61. The highest BCUT2D eigenvalue weighted by Crippen LogP contribution is 2.34. The number of nitrogens with zero attached hydrogens (tertiary/aromatic N) is 2. The number of halogens is 1. The van der Waals surface area contributed by atoms with Crippen LogP contribution in [0.4, 0.5) is 5.69 Å². The number of anilines is 1. The van der Waals surface area contributed by atoms with Gasteiger partial charge in [0, 0.05) is 34.7 Å². The molecule has 2 rings (SSSR count). The number of benzene rings is 1. The zero-order valence-corrected chi connectivity index (χ0v) is 17.1. The van der Waals surface area contributed by atoms with E-state index in [1.807, 2.05) is 14.0 Å². The van der Waals surface area contributed by atoms with E-state index in [0.717, 1.165) is 41.0 Å². The molecule has 0 aliphatic heterocycles. The monoisotopic (exact) mass is 414 g/mol. The van der Waals surface area contributed by atoms with Crippen molar-refractivity contribution in [1.29, 1.82) is 0 Å². The third-order valence-corrected chi connectivity index (χ3v) is 4.56. The molecular weight excluding hydrogens is 388 g/mol. The van der Waals surface area contributed by atoms with Gasteiger partial charge in [-0.05, 0) is 50.0 Å². The van der Waals surface area contributed by atoms with Crippen molar-refractivity contribution >= 4 is 39.2 Å². The summed E-state index contributed by atoms with van der Waals surface area (Å²) in [5, 5.41) is 6.52. The highest BCUT2D eigenvalue weighted by molar-refractivity contribution is 9.10. The highest BCUT2D eigenvalue weighted by Gasteiger charge is 2.17. The Bertz CT molecular complexity index is 746. The molecule has 0 heterocycles. The Labute approximate surface area is 165 Å². The maximum atomic E-state index is 4.89. The molecule has 26 heavy (non-hydrogen) atoms. The van der Waals surface area contributed by atoms with Crippen LogP contribution < -0.4 is 10.6 Å². The smallest absolute Gasteiger partial charge is 0.123 e. The second kappa shape index (κ2) is 10.1. The maximum Gasteiger partial charge on any atom is 0.123 e. The lowest BCUT2D eigenvalue weighted by Crippen LogP contribution is -2.26. The van der Waals surface area contributed by atoms with Gasteiger partial charge in [0.05, 0.1) is 12.6 Å². The van der Waals surface area contributed by atoms with Gasteiger partial charge < -0.3 is 10.6 Å². The van der Waals surface area contributed by atoms with Gasteiger partial charge in [0.1, 0.15) is 5.84 Å². The molecule has 0 fully saturated rings. The predicted octanol–water partition coefficient (Wildman–Crippen LogP) is 5.21. The molecule has 1 unspecified atom stereocenters. The summed E-state index contributed by atoms with van der Waals surface area (Å²) in [6.07, 6.45) is 8.87. The maximum absolute atomic E-state index is 4.89. The van der Waals surface area contributed by atoms with E-state index in [1.54, 1.807) is 12.3 Å². The van der Waals surface area contributed by atoms with Crippen LogP contribution in [0.5, 0.6) is 0 Å². The second-order valence-electron chi connectivity index (χ2n) is 6.30. The molecule has 5 heteroatoms. The third-order valence-electron chi connectivity index (χ3n) is 4.07. The van der Waals surface area contributed by atoms with Gasteiger partial charge >= 0.3 is 0 Å². The quantitative estimate of drug-likeness (QED) is 0.475. The van der Waals surface area contributed by atoms with Crippen LogP contribution >= 0.6 is 15.9 Å². The summed E-state index contributed by atoms with van der Waals surface area (Å²) in [4.78, 5) is 9.20. The molecule has 1 aromatic carbocycles. The number of hydrogen-bond donors (Lipinski definition) is 2. The average Bonchev–Trinajstić information content (AvgIpc) is 2.61. The van der Waals surface area contributed by atoms with Gasteiger partial charge in [-0.1, -0.05) is 41.2 Å².